The van der Waals surface area contributed by atoms with Gasteiger partial charge in [-0.1, -0.05) is 88.0 Å². The van der Waals surface area contributed by atoms with E-state index in [4.69, 9.17) is 0 Å². The third kappa shape index (κ3) is 10.2. The van der Waals surface area contributed by atoms with Crippen molar-refractivity contribution in [1.29, 1.82) is 0 Å². The lowest BCUT2D eigenvalue weighted by molar-refractivity contribution is -0.274. The maximum absolute atomic E-state index is 12.9. The minimum Gasteiger partial charge on any atom is -0.474 e. The van der Waals surface area contributed by atoms with E-state index >= 15 is 0 Å². The van der Waals surface area contributed by atoms with Gasteiger partial charge < -0.3 is 20.1 Å². The van der Waals surface area contributed by atoms with E-state index in [0.29, 0.717) is 32.2 Å². The molecule has 0 atom stereocenters. The zero-order valence-electron chi connectivity index (χ0n) is 22.6. The number of amides is 2. The molecule has 3 rings (SSSR count). The van der Waals surface area contributed by atoms with E-state index in [1.54, 1.807) is 12.1 Å². The third-order valence-electron chi connectivity index (χ3n) is 6.30. The number of benzene rings is 3. The highest BCUT2D eigenvalue weighted by molar-refractivity contribution is 9.11. The van der Waals surface area contributed by atoms with Crippen LogP contribution in [0.25, 0.3) is 0 Å². The van der Waals surface area contributed by atoms with Crippen LogP contribution in [-0.2, 0) is 35.6 Å². The zero-order chi connectivity index (χ0) is 30.9. The SMILES string of the molecule is CCCCCc1ccc(CNC(=O)c2cc(Br)c(CN(Cc3ccc(OC(F)(F)F)cc3)C(=O)C(=O)O)c(Br)c2)cc1. The third-order valence-corrected chi connectivity index (χ3v) is 7.71. The van der Waals surface area contributed by atoms with Crippen LogP contribution in [0, 0.1) is 0 Å². The van der Waals surface area contributed by atoms with Crippen LogP contribution < -0.4 is 10.1 Å². The zero-order valence-corrected chi connectivity index (χ0v) is 25.8. The Morgan fingerprint density at radius 3 is 2.00 bits per heavy atom. The molecule has 3 aromatic carbocycles. The minimum atomic E-state index is -4.85. The van der Waals surface area contributed by atoms with Gasteiger partial charge in [0.05, 0.1) is 0 Å². The van der Waals surface area contributed by atoms with Gasteiger partial charge in [0.25, 0.3) is 5.91 Å². The molecule has 2 N–H and O–H groups in total. The number of alkyl halides is 3. The number of carboxylic acids is 1. The van der Waals surface area contributed by atoms with Gasteiger partial charge in [-0.3, -0.25) is 9.59 Å². The number of nitrogens with zero attached hydrogens (tertiary/aromatic N) is 1. The maximum atomic E-state index is 12.9. The predicted molar refractivity (Wildman–Crippen MR) is 158 cm³/mol. The summed E-state index contributed by atoms with van der Waals surface area (Å²) in [6, 6.07) is 16.0. The Morgan fingerprint density at radius 2 is 1.45 bits per heavy atom. The van der Waals surface area contributed by atoms with Crippen molar-refractivity contribution in [2.45, 2.75) is 58.6 Å². The molecule has 2 amide bonds. The van der Waals surface area contributed by atoms with E-state index in [2.05, 4.69) is 61.0 Å². The number of unbranched alkanes of at least 4 members (excludes halogenated alkanes) is 2. The first-order valence-corrected chi connectivity index (χ1v) is 14.7. The van der Waals surface area contributed by atoms with Gasteiger partial charge in [-0.25, -0.2) is 4.79 Å². The molecule has 0 heterocycles. The molecule has 0 aliphatic heterocycles. The highest BCUT2D eigenvalue weighted by atomic mass is 79.9. The fourth-order valence-corrected chi connectivity index (χ4v) is 5.55. The molecular weight excluding hydrogens is 685 g/mol. The van der Waals surface area contributed by atoms with Crippen LogP contribution >= 0.6 is 31.9 Å². The molecule has 0 unspecified atom stereocenters. The molecule has 0 saturated carbocycles. The molecule has 0 aromatic heterocycles. The predicted octanol–water partition coefficient (Wildman–Crippen LogP) is 7.39. The van der Waals surface area contributed by atoms with Gasteiger partial charge in [-0.2, -0.15) is 0 Å². The van der Waals surface area contributed by atoms with Gasteiger partial charge in [-0.05, 0) is 59.4 Å². The quantitative estimate of drug-likeness (QED) is 0.151. The summed E-state index contributed by atoms with van der Waals surface area (Å²) in [5.74, 6) is -3.66. The molecule has 0 fully saturated rings. The van der Waals surface area contributed by atoms with Crippen LogP contribution in [-0.4, -0.2) is 34.2 Å². The van der Waals surface area contributed by atoms with Crippen LogP contribution in [0.4, 0.5) is 13.2 Å². The van der Waals surface area contributed by atoms with E-state index in [1.165, 1.54) is 24.1 Å². The van der Waals surface area contributed by atoms with Crippen LogP contribution in [0.15, 0.2) is 69.6 Å². The first-order chi connectivity index (χ1) is 19.9. The van der Waals surface area contributed by atoms with Gasteiger partial charge in [0.15, 0.2) is 0 Å². The Bertz CT molecular complexity index is 1370. The lowest BCUT2D eigenvalue weighted by Crippen LogP contribution is -2.35. The Labute approximate surface area is 258 Å². The van der Waals surface area contributed by atoms with Gasteiger partial charge >= 0.3 is 18.2 Å². The molecule has 0 spiro atoms. The van der Waals surface area contributed by atoms with E-state index in [9.17, 15) is 32.7 Å². The van der Waals surface area contributed by atoms with Crippen LogP contribution in [0.2, 0.25) is 0 Å². The molecule has 0 bridgehead atoms. The Morgan fingerprint density at radius 1 is 0.881 bits per heavy atom. The van der Waals surface area contributed by atoms with Crippen molar-refractivity contribution in [2.24, 2.45) is 0 Å². The Balaban J connectivity index is 1.69. The Hall–Kier alpha value is -3.38. The smallest absolute Gasteiger partial charge is 0.474 e. The average molecular weight is 714 g/mol. The summed E-state index contributed by atoms with van der Waals surface area (Å²) < 4.78 is 42.1. The summed E-state index contributed by atoms with van der Waals surface area (Å²) in [4.78, 5) is 37.9. The number of carbonyl (C=O) groups is 3. The molecule has 0 radical (unpaired) electrons. The van der Waals surface area contributed by atoms with Crippen molar-refractivity contribution in [1.82, 2.24) is 10.2 Å². The molecule has 0 aliphatic rings. The fraction of sp³-hybridized carbons (Fsp3) is 0.300. The summed E-state index contributed by atoms with van der Waals surface area (Å²) in [5, 5.41) is 12.2. The van der Waals surface area contributed by atoms with Crippen molar-refractivity contribution in [3.63, 3.8) is 0 Å². The van der Waals surface area contributed by atoms with E-state index in [-0.39, 0.29) is 19.0 Å². The number of ether oxygens (including phenoxy) is 1. The van der Waals surface area contributed by atoms with Crippen LogP contribution in [0.3, 0.4) is 0 Å². The topological polar surface area (TPSA) is 95.9 Å². The second-order valence-electron chi connectivity index (χ2n) is 9.53. The van der Waals surface area contributed by atoms with Crippen molar-refractivity contribution >= 4 is 49.6 Å². The van der Waals surface area contributed by atoms with E-state index in [0.717, 1.165) is 41.9 Å². The number of carbonyl (C=O) groups excluding carboxylic acids is 2. The summed E-state index contributed by atoms with van der Waals surface area (Å²) in [7, 11) is 0. The van der Waals surface area contributed by atoms with Gasteiger partial charge in [0, 0.05) is 34.1 Å². The number of aliphatic carboxylic acids is 1. The second kappa shape index (κ2) is 15.2. The van der Waals surface area contributed by atoms with Crippen LogP contribution in [0.5, 0.6) is 5.75 Å². The molecular formula is C30H29Br2F3N2O5. The van der Waals surface area contributed by atoms with E-state index < -0.39 is 24.0 Å². The number of hydrogen-bond acceptors (Lipinski definition) is 4. The summed E-state index contributed by atoms with van der Waals surface area (Å²) >= 11 is 6.83. The normalized spacial score (nSPS) is 11.2. The number of carboxylic acid groups (broad SMARTS) is 1. The first kappa shape index (κ1) is 33.1. The van der Waals surface area contributed by atoms with Crippen molar-refractivity contribution in [2.75, 3.05) is 0 Å². The second-order valence-corrected chi connectivity index (χ2v) is 11.2. The molecule has 0 saturated heterocycles. The van der Waals surface area contributed by atoms with Crippen LogP contribution in [0.1, 0.15) is 58.8 Å². The lowest BCUT2D eigenvalue weighted by atomic mass is 10.1. The highest BCUT2D eigenvalue weighted by Crippen LogP contribution is 2.30. The first-order valence-electron chi connectivity index (χ1n) is 13.1. The molecule has 7 nitrogen and oxygen atoms in total. The standard InChI is InChI=1S/C30H29Br2F3N2O5/c1-2-3-4-5-19-6-8-20(9-7-19)16-36-27(38)22-14-25(31)24(26(32)15-22)18-37(28(39)29(40)41)17-21-10-12-23(13-11-21)42-30(33,34)35/h6-15H,2-5,16-18H2,1H3,(H,36,38)(H,40,41). The largest absolute Gasteiger partial charge is 0.573 e. The fourth-order valence-electron chi connectivity index (χ4n) is 4.12. The molecule has 3 aromatic rings. The van der Waals surface area contributed by atoms with Gasteiger partial charge in [-0.15, -0.1) is 13.2 Å². The lowest BCUT2D eigenvalue weighted by Gasteiger charge is -2.23. The molecule has 42 heavy (non-hydrogen) atoms. The number of aryl methyl sites for hydroxylation is 1. The number of nitrogens with one attached hydrogen (secondary N) is 1. The molecule has 0 aliphatic carbocycles. The van der Waals surface area contributed by atoms with Gasteiger partial charge in [0.1, 0.15) is 5.75 Å². The Kier molecular flexibility index (Phi) is 12.0. The maximum Gasteiger partial charge on any atom is 0.573 e. The number of rotatable bonds is 12. The number of hydrogen-bond donors (Lipinski definition) is 2. The minimum absolute atomic E-state index is 0.167. The highest BCUT2D eigenvalue weighted by Gasteiger charge is 2.31. The number of halogens is 5. The molecule has 224 valence electrons. The summed E-state index contributed by atoms with van der Waals surface area (Å²) in [6.07, 6.45) is -0.338. The van der Waals surface area contributed by atoms with Gasteiger partial charge in [0.2, 0.25) is 0 Å². The average Bonchev–Trinajstić information content (AvgIpc) is 2.93. The monoisotopic (exact) mass is 712 g/mol. The van der Waals surface area contributed by atoms with E-state index in [1.807, 2.05) is 12.1 Å². The summed E-state index contributed by atoms with van der Waals surface area (Å²) in [6.45, 7) is 2.13. The van der Waals surface area contributed by atoms with Crippen molar-refractivity contribution in [3.8, 4) is 5.75 Å². The summed E-state index contributed by atoms with van der Waals surface area (Å²) in [5.41, 5.74) is 3.43. The van der Waals surface area contributed by atoms with Crippen molar-refractivity contribution < 1.29 is 37.4 Å². The molecule has 12 heteroatoms. The van der Waals surface area contributed by atoms with Crippen molar-refractivity contribution in [3.05, 3.63) is 97.4 Å².